The second kappa shape index (κ2) is 6.16. The highest BCUT2D eigenvalue weighted by Crippen LogP contribution is 2.23. The molecule has 1 aliphatic heterocycles. The number of ether oxygens (including phenoxy) is 1. The van der Waals surface area contributed by atoms with Gasteiger partial charge in [0.15, 0.2) is 0 Å². The summed E-state index contributed by atoms with van der Waals surface area (Å²) in [6.45, 7) is 3.43. The van der Waals surface area contributed by atoms with Gasteiger partial charge in [0.25, 0.3) is 0 Å². The fourth-order valence-electron chi connectivity index (χ4n) is 2.57. The quantitative estimate of drug-likeness (QED) is 0.848. The maximum atomic E-state index is 13.0. The molecule has 0 aliphatic carbocycles. The van der Waals surface area contributed by atoms with E-state index in [0.717, 1.165) is 31.8 Å². The number of benzene rings is 2. The van der Waals surface area contributed by atoms with Crippen LogP contribution in [0.25, 0.3) is 0 Å². The minimum atomic E-state index is -0.203. The van der Waals surface area contributed by atoms with Gasteiger partial charge in [-0.05, 0) is 23.3 Å². The van der Waals surface area contributed by atoms with E-state index in [1.807, 2.05) is 18.2 Å². The number of rotatable bonds is 3. The summed E-state index contributed by atoms with van der Waals surface area (Å²) in [5, 5.41) is 0. The zero-order valence-corrected chi connectivity index (χ0v) is 11.3. The highest BCUT2D eigenvalue weighted by Gasteiger charge is 2.21. The smallest absolute Gasteiger partial charge is 0.123 e. The molecule has 1 heterocycles. The average molecular weight is 271 g/mol. The highest BCUT2D eigenvalue weighted by molar-refractivity contribution is 5.20. The molecule has 104 valence electrons. The first-order valence-electron chi connectivity index (χ1n) is 6.94. The lowest BCUT2D eigenvalue weighted by atomic mass is 10.1. The second-order valence-electron chi connectivity index (χ2n) is 5.13. The molecule has 3 rings (SSSR count). The Labute approximate surface area is 118 Å². The molecular weight excluding hydrogens is 253 g/mol. The van der Waals surface area contributed by atoms with Gasteiger partial charge in [0.2, 0.25) is 0 Å². The van der Waals surface area contributed by atoms with E-state index in [-0.39, 0.29) is 11.9 Å². The van der Waals surface area contributed by atoms with Crippen LogP contribution in [0.15, 0.2) is 54.6 Å². The maximum Gasteiger partial charge on any atom is 0.123 e. The van der Waals surface area contributed by atoms with Gasteiger partial charge in [0.1, 0.15) is 5.82 Å². The van der Waals surface area contributed by atoms with E-state index in [1.54, 1.807) is 0 Å². The van der Waals surface area contributed by atoms with Crippen molar-refractivity contribution in [1.82, 2.24) is 4.90 Å². The van der Waals surface area contributed by atoms with Crippen molar-refractivity contribution in [3.63, 3.8) is 0 Å². The third-order valence-electron chi connectivity index (χ3n) is 3.64. The third kappa shape index (κ3) is 3.24. The average Bonchev–Trinajstić information content (AvgIpc) is 2.49. The van der Waals surface area contributed by atoms with E-state index >= 15 is 0 Å². The van der Waals surface area contributed by atoms with Crippen molar-refractivity contribution in [2.24, 2.45) is 0 Å². The zero-order valence-electron chi connectivity index (χ0n) is 11.3. The van der Waals surface area contributed by atoms with E-state index in [0.29, 0.717) is 0 Å². The summed E-state index contributed by atoms with van der Waals surface area (Å²) in [6.07, 6.45) is 0.0352. The van der Waals surface area contributed by atoms with E-state index in [2.05, 4.69) is 29.2 Å². The first kappa shape index (κ1) is 13.3. The molecule has 2 aromatic carbocycles. The van der Waals surface area contributed by atoms with Crippen molar-refractivity contribution in [2.75, 3.05) is 19.7 Å². The monoisotopic (exact) mass is 271 g/mol. The summed E-state index contributed by atoms with van der Waals surface area (Å²) in [6, 6.07) is 17.1. The van der Waals surface area contributed by atoms with Crippen LogP contribution >= 0.6 is 0 Å². The Hall–Kier alpha value is -1.71. The van der Waals surface area contributed by atoms with Crippen LogP contribution in [0, 0.1) is 5.82 Å². The van der Waals surface area contributed by atoms with Crippen molar-refractivity contribution in [2.45, 2.75) is 12.6 Å². The number of nitrogens with zero attached hydrogens (tertiary/aromatic N) is 1. The van der Waals surface area contributed by atoms with Gasteiger partial charge in [0, 0.05) is 19.6 Å². The SMILES string of the molecule is Fc1ccc([C@@H]2CN(Cc3ccccc3)CCO2)cc1. The van der Waals surface area contributed by atoms with E-state index < -0.39 is 0 Å². The first-order chi connectivity index (χ1) is 9.81. The molecule has 0 bridgehead atoms. The Kier molecular flexibility index (Phi) is 4.09. The number of hydrogen-bond acceptors (Lipinski definition) is 2. The third-order valence-corrected chi connectivity index (χ3v) is 3.64. The van der Waals surface area contributed by atoms with Gasteiger partial charge >= 0.3 is 0 Å². The van der Waals surface area contributed by atoms with Crippen LogP contribution in [0.3, 0.4) is 0 Å². The molecule has 0 spiro atoms. The number of halogens is 1. The molecule has 20 heavy (non-hydrogen) atoms. The van der Waals surface area contributed by atoms with Crippen LogP contribution in [-0.4, -0.2) is 24.6 Å². The van der Waals surface area contributed by atoms with Gasteiger partial charge in [-0.2, -0.15) is 0 Å². The largest absolute Gasteiger partial charge is 0.371 e. The lowest BCUT2D eigenvalue weighted by Crippen LogP contribution is -2.37. The van der Waals surface area contributed by atoms with Crippen LogP contribution in [0.5, 0.6) is 0 Å². The lowest BCUT2D eigenvalue weighted by molar-refractivity contribution is -0.0329. The van der Waals surface area contributed by atoms with Gasteiger partial charge < -0.3 is 4.74 Å². The highest BCUT2D eigenvalue weighted by atomic mass is 19.1. The summed E-state index contributed by atoms with van der Waals surface area (Å²) in [4.78, 5) is 2.38. The second-order valence-corrected chi connectivity index (χ2v) is 5.13. The first-order valence-corrected chi connectivity index (χ1v) is 6.94. The minimum absolute atomic E-state index is 0.0352. The van der Waals surface area contributed by atoms with Crippen molar-refractivity contribution in [3.05, 3.63) is 71.5 Å². The van der Waals surface area contributed by atoms with Crippen LogP contribution in [0.2, 0.25) is 0 Å². The van der Waals surface area contributed by atoms with Gasteiger partial charge in [0.05, 0.1) is 12.7 Å². The molecule has 1 fully saturated rings. The molecule has 3 heteroatoms. The van der Waals surface area contributed by atoms with Gasteiger partial charge in [-0.3, -0.25) is 4.90 Å². The molecule has 0 unspecified atom stereocenters. The van der Waals surface area contributed by atoms with Crippen LogP contribution in [-0.2, 0) is 11.3 Å². The van der Waals surface area contributed by atoms with Crippen molar-refractivity contribution >= 4 is 0 Å². The molecule has 2 nitrogen and oxygen atoms in total. The Morgan fingerprint density at radius 1 is 1.05 bits per heavy atom. The van der Waals surface area contributed by atoms with Crippen molar-refractivity contribution < 1.29 is 9.13 Å². The van der Waals surface area contributed by atoms with Crippen LogP contribution in [0.4, 0.5) is 4.39 Å². The summed E-state index contributed by atoms with van der Waals surface area (Å²) < 4.78 is 18.8. The van der Waals surface area contributed by atoms with Crippen molar-refractivity contribution in [1.29, 1.82) is 0 Å². The van der Waals surface area contributed by atoms with Crippen LogP contribution in [0.1, 0.15) is 17.2 Å². The topological polar surface area (TPSA) is 12.5 Å². The summed E-state index contributed by atoms with van der Waals surface area (Å²) in [5.41, 5.74) is 2.36. The van der Waals surface area contributed by atoms with E-state index in [9.17, 15) is 4.39 Å². The molecule has 0 aromatic heterocycles. The zero-order chi connectivity index (χ0) is 13.8. The summed E-state index contributed by atoms with van der Waals surface area (Å²) >= 11 is 0. The van der Waals surface area contributed by atoms with Gasteiger partial charge in [-0.25, -0.2) is 4.39 Å². The van der Waals surface area contributed by atoms with Gasteiger partial charge in [-0.1, -0.05) is 42.5 Å². The fraction of sp³-hybridized carbons (Fsp3) is 0.294. The minimum Gasteiger partial charge on any atom is -0.371 e. The molecule has 0 saturated carbocycles. The Morgan fingerprint density at radius 2 is 1.80 bits per heavy atom. The van der Waals surface area contributed by atoms with Gasteiger partial charge in [-0.15, -0.1) is 0 Å². The predicted octanol–water partition coefficient (Wildman–Crippen LogP) is 3.40. The van der Waals surface area contributed by atoms with Crippen LogP contribution < -0.4 is 0 Å². The Bertz CT molecular complexity index is 541. The molecule has 0 amide bonds. The molecular formula is C17H18FNO. The molecule has 1 aliphatic rings. The fourth-order valence-corrected chi connectivity index (χ4v) is 2.57. The number of morpholine rings is 1. The Morgan fingerprint density at radius 3 is 2.55 bits per heavy atom. The summed E-state index contributed by atoms with van der Waals surface area (Å²) in [5.74, 6) is -0.203. The molecule has 1 saturated heterocycles. The van der Waals surface area contributed by atoms with E-state index in [4.69, 9.17) is 4.74 Å². The predicted molar refractivity (Wildman–Crippen MR) is 76.8 cm³/mol. The molecule has 0 radical (unpaired) electrons. The maximum absolute atomic E-state index is 13.0. The number of hydrogen-bond donors (Lipinski definition) is 0. The molecule has 1 atom stereocenters. The standard InChI is InChI=1S/C17H18FNO/c18-16-8-6-15(7-9-16)17-13-19(10-11-20-17)12-14-4-2-1-3-5-14/h1-9,17H,10-13H2/t17-/m0/s1. The van der Waals surface area contributed by atoms with E-state index in [1.165, 1.54) is 17.7 Å². The summed E-state index contributed by atoms with van der Waals surface area (Å²) in [7, 11) is 0. The lowest BCUT2D eigenvalue weighted by Gasteiger charge is -2.33. The molecule has 0 N–H and O–H groups in total. The van der Waals surface area contributed by atoms with Crippen molar-refractivity contribution in [3.8, 4) is 0 Å². The molecule has 2 aromatic rings. The normalized spacial score (nSPS) is 19.9. The Balaban J connectivity index is 1.66.